The lowest BCUT2D eigenvalue weighted by Crippen LogP contribution is -2.12. The quantitative estimate of drug-likeness (QED) is 0.716. The average molecular weight is 190 g/mol. The van der Waals surface area contributed by atoms with Gasteiger partial charge in [-0.15, -0.1) is 0 Å². The van der Waals surface area contributed by atoms with Gasteiger partial charge in [0.2, 0.25) is 0 Å². The van der Waals surface area contributed by atoms with Gasteiger partial charge in [0.1, 0.15) is 5.75 Å². The van der Waals surface area contributed by atoms with Crippen LogP contribution in [0.3, 0.4) is 0 Å². The second-order valence-electron chi connectivity index (χ2n) is 4.70. The number of aromatic hydroxyl groups is 1. The molecular weight excluding hydrogens is 172 g/mol. The molecule has 0 heterocycles. The van der Waals surface area contributed by atoms with Crippen LogP contribution in [-0.4, -0.2) is 5.11 Å². The maximum atomic E-state index is 9.98. The van der Waals surface area contributed by atoms with Gasteiger partial charge in [0.05, 0.1) is 0 Å². The molecule has 1 nitrogen and oxygen atoms in total. The fraction of sp³-hybridized carbons (Fsp3) is 0.385. The Morgan fingerprint density at radius 3 is 2.29 bits per heavy atom. The van der Waals surface area contributed by atoms with E-state index in [1.807, 2.05) is 19.1 Å². The Bertz CT molecular complexity index is 356. The van der Waals surface area contributed by atoms with Crippen molar-refractivity contribution in [2.75, 3.05) is 0 Å². The summed E-state index contributed by atoms with van der Waals surface area (Å²) in [7, 11) is 0. The molecular formula is C13H18O. The van der Waals surface area contributed by atoms with Crippen molar-refractivity contribution < 1.29 is 5.11 Å². The molecule has 0 saturated heterocycles. The van der Waals surface area contributed by atoms with Crippen molar-refractivity contribution >= 4 is 6.08 Å². The van der Waals surface area contributed by atoms with Crippen molar-refractivity contribution in [3.05, 3.63) is 35.4 Å². The molecule has 1 aromatic carbocycles. The molecule has 0 saturated carbocycles. The number of benzene rings is 1. The first kappa shape index (κ1) is 10.8. The number of aryl methyl sites for hydroxylation is 1. The van der Waals surface area contributed by atoms with Gasteiger partial charge in [-0.3, -0.25) is 0 Å². The summed E-state index contributed by atoms with van der Waals surface area (Å²) in [6, 6.07) is 3.97. The van der Waals surface area contributed by atoms with Gasteiger partial charge in [0.25, 0.3) is 0 Å². The summed E-state index contributed by atoms with van der Waals surface area (Å²) in [5.74, 6) is 0.359. The van der Waals surface area contributed by atoms with Crippen LogP contribution in [0.1, 0.15) is 37.5 Å². The molecule has 0 spiro atoms. The maximum absolute atomic E-state index is 9.98. The van der Waals surface area contributed by atoms with Gasteiger partial charge in [-0.25, -0.2) is 0 Å². The third kappa shape index (κ3) is 1.98. The second-order valence-corrected chi connectivity index (χ2v) is 4.70. The van der Waals surface area contributed by atoms with Crippen molar-refractivity contribution in [2.24, 2.45) is 0 Å². The Labute approximate surface area is 86.1 Å². The highest BCUT2D eigenvalue weighted by Gasteiger charge is 2.19. The van der Waals surface area contributed by atoms with Gasteiger partial charge in [0, 0.05) is 11.1 Å². The van der Waals surface area contributed by atoms with Crippen LogP contribution in [0.15, 0.2) is 18.7 Å². The molecule has 0 radical (unpaired) electrons. The van der Waals surface area contributed by atoms with Crippen molar-refractivity contribution in [3.63, 3.8) is 0 Å². The predicted molar refractivity (Wildman–Crippen MR) is 61.6 cm³/mol. The van der Waals surface area contributed by atoms with Crippen molar-refractivity contribution in [1.29, 1.82) is 0 Å². The van der Waals surface area contributed by atoms with E-state index in [-0.39, 0.29) is 5.41 Å². The van der Waals surface area contributed by atoms with Crippen LogP contribution in [0.4, 0.5) is 0 Å². The lowest BCUT2D eigenvalue weighted by molar-refractivity contribution is 0.445. The van der Waals surface area contributed by atoms with Gasteiger partial charge in [-0.2, -0.15) is 0 Å². The lowest BCUT2D eigenvalue weighted by Gasteiger charge is -2.22. The zero-order valence-corrected chi connectivity index (χ0v) is 9.39. The normalized spacial score (nSPS) is 11.4. The minimum absolute atomic E-state index is 0.0339. The highest BCUT2D eigenvalue weighted by Crippen LogP contribution is 2.34. The Balaban J connectivity index is 3.44. The molecule has 1 heteroatoms. The highest BCUT2D eigenvalue weighted by molar-refractivity contribution is 5.60. The predicted octanol–water partition coefficient (Wildman–Crippen LogP) is 3.64. The summed E-state index contributed by atoms with van der Waals surface area (Å²) in [4.78, 5) is 0. The molecule has 0 aliphatic rings. The van der Waals surface area contributed by atoms with E-state index in [1.165, 1.54) is 0 Å². The SMILES string of the molecule is C=Cc1cc(C)cc(C(C)(C)C)c1O. The summed E-state index contributed by atoms with van der Waals surface area (Å²) in [5.41, 5.74) is 2.92. The molecule has 0 aliphatic carbocycles. The average Bonchev–Trinajstić information content (AvgIpc) is 2.06. The third-order valence-electron chi connectivity index (χ3n) is 2.31. The van der Waals surface area contributed by atoms with E-state index in [0.717, 1.165) is 16.7 Å². The van der Waals surface area contributed by atoms with Gasteiger partial charge < -0.3 is 5.11 Å². The fourth-order valence-corrected chi connectivity index (χ4v) is 1.53. The van der Waals surface area contributed by atoms with E-state index in [1.54, 1.807) is 6.08 Å². The Morgan fingerprint density at radius 2 is 1.86 bits per heavy atom. The van der Waals surface area contributed by atoms with E-state index in [9.17, 15) is 5.11 Å². The van der Waals surface area contributed by atoms with E-state index < -0.39 is 0 Å². The minimum atomic E-state index is -0.0339. The van der Waals surface area contributed by atoms with Gasteiger partial charge >= 0.3 is 0 Å². The zero-order chi connectivity index (χ0) is 10.9. The number of hydrogen-bond donors (Lipinski definition) is 1. The van der Waals surface area contributed by atoms with E-state index >= 15 is 0 Å². The van der Waals surface area contributed by atoms with Gasteiger partial charge in [-0.05, 0) is 24.0 Å². The van der Waals surface area contributed by atoms with Crippen molar-refractivity contribution in [3.8, 4) is 5.75 Å². The minimum Gasteiger partial charge on any atom is -0.507 e. The summed E-state index contributed by atoms with van der Waals surface area (Å²) in [6.45, 7) is 12.0. The molecule has 0 aliphatic heterocycles. The number of hydrogen-bond acceptors (Lipinski definition) is 1. The summed E-state index contributed by atoms with van der Waals surface area (Å²) >= 11 is 0. The largest absolute Gasteiger partial charge is 0.507 e. The standard InChI is InChI=1S/C13H18O/c1-6-10-7-9(2)8-11(12(10)14)13(3,4)5/h6-8,14H,1H2,2-5H3. The van der Waals surface area contributed by atoms with Gasteiger partial charge in [-0.1, -0.05) is 39.5 Å². The van der Waals surface area contributed by atoms with E-state index in [4.69, 9.17) is 0 Å². The van der Waals surface area contributed by atoms with Crippen LogP contribution in [0.25, 0.3) is 6.08 Å². The summed E-state index contributed by atoms with van der Waals surface area (Å²) in [5, 5.41) is 9.98. The fourth-order valence-electron chi connectivity index (χ4n) is 1.53. The van der Waals surface area contributed by atoms with E-state index in [2.05, 4.69) is 27.4 Å². The molecule has 0 bridgehead atoms. The number of rotatable bonds is 1. The Morgan fingerprint density at radius 1 is 1.29 bits per heavy atom. The van der Waals surface area contributed by atoms with Crippen LogP contribution in [0.2, 0.25) is 0 Å². The van der Waals surface area contributed by atoms with Crippen LogP contribution in [0, 0.1) is 6.92 Å². The van der Waals surface area contributed by atoms with Crippen LogP contribution in [0.5, 0.6) is 5.75 Å². The zero-order valence-electron chi connectivity index (χ0n) is 9.39. The van der Waals surface area contributed by atoms with Crippen LogP contribution >= 0.6 is 0 Å². The Kier molecular flexibility index (Phi) is 2.70. The van der Waals surface area contributed by atoms with Crippen molar-refractivity contribution in [2.45, 2.75) is 33.1 Å². The smallest absolute Gasteiger partial charge is 0.126 e. The third-order valence-corrected chi connectivity index (χ3v) is 2.31. The molecule has 14 heavy (non-hydrogen) atoms. The number of phenolic OH excluding ortho intramolecular Hbond substituents is 1. The molecule has 1 rings (SSSR count). The molecule has 76 valence electrons. The summed E-state index contributed by atoms with van der Waals surface area (Å²) in [6.07, 6.45) is 1.69. The van der Waals surface area contributed by atoms with Crippen molar-refractivity contribution in [1.82, 2.24) is 0 Å². The molecule has 0 unspecified atom stereocenters. The topological polar surface area (TPSA) is 20.2 Å². The molecule has 0 atom stereocenters. The number of phenols is 1. The molecule has 1 N–H and O–H groups in total. The monoisotopic (exact) mass is 190 g/mol. The molecule has 0 fully saturated rings. The van der Waals surface area contributed by atoms with Gasteiger partial charge in [0.15, 0.2) is 0 Å². The first-order valence-electron chi connectivity index (χ1n) is 4.83. The van der Waals surface area contributed by atoms with Crippen LogP contribution < -0.4 is 0 Å². The first-order chi connectivity index (χ1) is 6.36. The first-order valence-corrected chi connectivity index (χ1v) is 4.83. The summed E-state index contributed by atoms with van der Waals surface area (Å²) < 4.78 is 0. The lowest BCUT2D eigenvalue weighted by atomic mass is 9.84. The highest BCUT2D eigenvalue weighted by atomic mass is 16.3. The maximum Gasteiger partial charge on any atom is 0.126 e. The molecule has 0 amide bonds. The van der Waals surface area contributed by atoms with Crippen LogP contribution in [-0.2, 0) is 5.41 Å². The molecule has 1 aromatic rings. The second kappa shape index (κ2) is 3.49. The molecule has 0 aromatic heterocycles. The van der Waals surface area contributed by atoms with E-state index in [0.29, 0.717) is 5.75 Å². The Hall–Kier alpha value is -1.24.